The SMILES string of the molecule is COc1ccc(Nc2ccc(Nc3nc(OCCc4ccccc4)nc(N4CCCCC4)n3)cc2)cc1. The highest BCUT2D eigenvalue weighted by molar-refractivity contribution is 5.64. The zero-order valence-corrected chi connectivity index (χ0v) is 21.1. The zero-order valence-electron chi connectivity index (χ0n) is 21.1. The first-order valence-electron chi connectivity index (χ1n) is 12.7. The highest BCUT2D eigenvalue weighted by Gasteiger charge is 2.17. The molecule has 1 aliphatic rings. The fourth-order valence-electron chi connectivity index (χ4n) is 4.21. The van der Waals surface area contributed by atoms with Crippen molar-refractivity contribution in [3.8, 4) is 11.8 Å². The Morgan fingerprint density at radius 3 is 2.05 bits per heavy atom. The summed E-state index contributed by atoms with van der Waals surface area (Å²) in [6, 6.07) is 26.4. The van der Waals surface area contributed by atoms with Gasteiger partial charge in [-0.1, -0.05) is 30.3 Å². The number of nitrogens with one attached hydrogen (secondary N) is 2. The third-order valence-electron chi connectivity index (χ3n) is 6.23. The van der Waals surface area contributed by atoms with E-state index < -0.39 is 0 Å². The molecule has 8 heteroatoms. The number of rotatable bonds is 10. The Balaban J connectivity index is 1.27. The van der Waals surface area contributed by atoms with Crippen molar-refractivity contribution in [1.29, 1.82) is 0 Å². The first-order valence-corrected chi connectivity index (χ1v) is 12.7. The third-order valence-corrected chi connectivity index (χ3v) is 6.23. The molecule has 2 heterocycles. The number of ether oxygens (including phenoxy) is 2. The van der Waals surface area contributed by atoms with Crippen LogP contribution in [-0.2, 0) is 6.42 Å². The topological polar surface area (TPSA) is 84.4 Å². The molecule has 4 aromatic rings. The minimum absolute atomic E-state index is 0.340. The molecule has 5 rings (SSSR count). The molecule has 3 aromatic carbocycles. The van der Waals surface area contributed by atoms with Gasteiger partial charge in [0.2, 0.25) is 11.9 Å². The second-order valence-electron chi connectivity index (χ2n) is 8.93. The van der Waals surface area contributed by atoms with Crippen LogP contribution in [0, 0.1) is 0 Å². The Morgan fingerprint density at radius 2 is 1.38 bits per heavy atom. The summed E-state index contributed by atoms with van der Waals surface area (Å²) in [5, 5.41) is 6.72. The standard InChI is InChI=1S/C29H32N6O2/c1-36-26-16-14-24(15-17-26)30-23-10-12-25(13-11-23)31-27-32-28(35-19-6-3-7-20-35)34-29(33-27)37-21-18-22-8-4-2-5-9-22/h2,4-5,8-17,30H,3,6-7,18-21H2,1H3,(H,31,32,33,34). The molecule has 37 heavy (non-hydrogen) atoms. The average Bonchev–Trinajstić information content (AvgIpc) is 2.95. The van der Waals surface area contributed by atoms with Crippen LogP contribution in [0.3, 0.4) is 0 Å². The van der Waals surface area contributed by atoms with E-state index in [-0.39, 0.29) is 0 Å². The molecule has 0 unspecified atom stereocenters. The highest BCUT2D eigenvalue weighted by Crippen LogP contribution is 2.24. The van der Waals surface area contributed by atoms with E-state index in [1.54, 1.807) is 7.11 Å². The molecule has 0 spiro atoms. The predicted octanol–water partition coefficient (Wildman–Crippen LogP) is 5.98. The Labute approximate surface area is 217 Å². The quantitative estimate of drug-likeness (QED) is 0.277. The van der Waals surface area contributed by atoms with Crippen molar-refractivity contribution >= 4 is 29.0 Å². The number of piperidine rings is 1. The molecule has 190 valence electrons. The summed E-state index contributed by atoms with van der Waals surface area (Å²) in [6.07, 6.45) is 4.31. The summed E-state index contributed by atoms with van der Waals surface area (Å²) in [7, 11) is 1.66. The number of nitrogens with zero attached hydrogens (tertiary/aromatic N) is 4. The summed E-state index contributed by atoms with van der Waals surface area (Å²) in [5.41, 5.74) is 4.06. The van der Waals surface area contributed by atoms with E-state index in [9.17, 15) is 0 Å². The van der Waals surface area contributed by atoms with Gasteiger partial charge in [0.05, 0.1) is 13.7 Å². The van der Waals surface area contributed by atoms with Crippen molar-refractivity contribution in [2.24, 2.45) is 0 Å². The molecule has 8 nitrogen and oxygen atoms in total. The maximum atomic E-state index is 5.97. The molecular weight excluding hydrogens is 464 g/mol. The number of hydrogen-bond donors (Lipinski definition) is 2. The minimum atomic E-state index is 0.340. The van der Waals surface area contributed by atoms with Crippen LogP contribution in [0.4, 0.5) is 29.0 Å². The van der Waals surface area contributed by atoms with E-state index in [2.05, 4.69) is 37.6 Å². The van der Waals surface area contributed by atoms with Crippen LogP contribution >= 0.6 is 0 Å². The summed E-state index contributed by atoms with van der Waals surface area (Å²) in [4.78, 5) is 16.1. The van der Waals surface area contributed by atoms with Gasteiger partial charge in [-0.3, -0.25) is 0 Å². The number of hydrogen-bond acceptors (Lipinski definition) is 8. The van der Waals surface area contributed by atoms with Crippen molar-refractivity contribution in [1.82, 2.24) is 15.0 Å². The molecule has 1 aromatic heterocycles. The minimum Gasteiger partial charge on any atom is -0.497 e. The average molecular weight is 497 g/mol. The summed E-state index contributed by atoms with van der Waals surface area (Å²) in [6.45, 7) is 2.38. The molecule has 0 bridgehead atoms. The van der Waals surface area contributed by atoms with Gasteiger partial charge in [-0.2, -0.15) is 15.0 Å². The molecule has 0 aliphatic carbocycles. The Kier molecular flexibility index (Phi) is 7.95. The molecule has 0 amide bonds. The van der Waals surface area contributed by atoms with Crippen LogP contribution in [0.15, 0.2) is 78.9 Å². The summed E-state index contributed by atoms with van der Waals surface area (Å²) in [5.74, 6) is 1.96. The van der Waals surface area contributed by atoms with Crippen LogP contribution in [0.25, 0.3) is 0 Å². The van der Waals surface area contributed by atoms with Gasteiger partial charge in [-0.15, -0.1) is 0 Å². The zero-order chi connectivity index (χ0) is 25.3. The predicted molar refractivity (Wildman–Crippen MR) is 148 cm³/mol. The third kappa shape index (κ3) is 6.88. The summed E-state index contributed by atoms with van der Waals surface area (Å²) < 4.78 is 11.2. The molecule has 0 radical (unpaired) electrons. The van der Waals surface area contributed by atoms with Gasteiger partial charge < -0.3 is 25.0 Å². The van der Waals surface area contributed by atoms with Gasteiger partial charge in [0.15, 0.2) is 0 Å². The molecule has 1 fully saturated rings. The lowest BCUT2D eigenvalue weighted by molar-refractivity contribution is 0.295. The van der Waals surface area contributed by atoms with Crippen molar-refractivity contribution in [3.63, 3.8) is 0 Å². The largest absolute Gasteiger partial charge is 0.497 e. The fraction of sp³-hybridized carbons (Fsp3) is 0.276. The molecule has 1 saturated heterocycles. The lowest BCUT2D eigenvalue weighted by Crippen LogP contribution is -2.31. The second-order valence-corrected chi connectivity index (χ2v) is 8.93. The van der Waals surface area contributed by atoms with Crippen molar-refractivity contribution < 1.29 is 9.47 Å². The van der Waals surface area contributed by atoms with Gasteiger partial charge in [0, 0.05) is 36.6 Å². The first kappa shape index (κ1) is 24.4. The molecule has 2 N–H and O–H groups in total. The fourth-order valence-corrected chi connectivity index (χ4v) is 4.21. The van der Waals surface area contributed by atoms with Gasteiger partial charge in [-0.05, 0) is 73.4 Å². The Morgan fingerprint density at radius 1 is 0.730 bits per heavy atom. The van der Waals surface area contributed by atoms with Crippen LogP contribution in [-0.4, -0.2) is 41.8 Å². The van der Waals surface area contributed by atoms with Crippen LogP contribution in [0.5, 0.6) is 11.8 Å². The Hall–Kier alpha value is -4.33. The first-order chi connectivity index (χ1) is 18.2. The summed E-state index contributed by atoms with van der Waals surface area (Å²) >= 11 is 0. The lowest BCUT2D eigenvalue weighted by Gasteiger charge is -2.26. The van der Waals surface area contributed by atoms with Crippen LogP contribution in [0.2, 0.25) is 0 Å². The molecule has 0 saturated carbocycles. The van der Waals surface area contributed by atoms with E-state index in [4.69, 9.17) is 14.5 Å². The highest BCUT2D eigenvalue weighted by atomic mass is 16.5. The second kappa shape index (κ2) is 12.1. The van der Waals surface area contributed by atoms with Gasteiger partial charge in [0.25, 0.3) is 0 Å². The maximum Gasteiger partial charge on any atom is 0.323 e. The Bertz CT molecular complexity index is 1260. The number of anilines is 5. The number of benzene rings is 3. The molecule has 1 aliphatic heterocycles. The van der Waals surface area contributed by atoms with E-state index in [0.29, 0.717) is 24.5 Å². The maximum absolute atomic E-state index is 5.97. The van der Waals surface area contributed by atoms with Crippen LogP contribution < -0.4 is 25.0 Å². The van der Waals surface area contributed by atoms with E-state index in [0.717, 1.165) is 55.2 Å². The van der Waals surface area contributed by atoms with Crippen molar-refractivity contribution in [3.05, 3.63) is 84.4 Å². The molecule has 0 atom stereocenters. The van der Waals surface area contributed by atoms with Crippen molar-refractivity contribution in [2.75, 3.05) is 42.3 Å². The van der Waals surface area contributed by atoms with Crippen molar-refractivity contribution in [2.45, 2.75) is 25.7 Å². The number of methoxy groups -OCH3 is 1. The lowest BCUT2D eigenvalue weighted by atomic mass is 10.1. The normalized spacial score (nSPS) is 13.2. The monoisotopic (exact) mass is 496 g/mol. The van der Waals surface area contributed by atoms with Gasteiger partial charge in [0.1, 0.15) is 5.75 Å². The number of aromatic nitrogens is 3. The van der Waals surface area contributed by atoms with Gasteiger partial charge >= 0.3 is 6.01 Å². The van der Waals surface area contributed by atoms with E-state index >= 15 is 0 Å². The van der Waals surface area contributed by atoms with Crippen LogP contribution in [0.1, 0.15) is 24.8 Å². The van der Waals surface area contributed by atoms with E-state index in [1.807, 2.05) is 66.7 Å². The molecular formula is C29H32N6O2. The van der Waals surface area contributed by atoms with E-state index in [1.165, 1.54) is 12.0 Å². The van der Waals surface area contributed by atoms with Gasteiger partial charge in [-0.25, -0.2) is 0 Å². The smallest absolute Gasteiger partial charge is 0.323 e.